The fourth-order valence-electron chi connectivity index (χ4n) is 10.8. The minimum Gasteiger partial charge on any atom is -0.462 e. The van der Waals surface area contributed by atoms with Crippen LogP contribution in [0.1, 0.15) is 393 Å². The predicted octanol–water partition coefficient (Wildman–Crippen LogP) is 24.9. The molecule has 0 saturated heterocycles. The van der Waals surface area contributed by atoms with Crippen LogP contribution >= 0.6 is 0 Å². The van der Waals surface area contributed by atoms with Crippen LogP contribution in [0.5, 0.6) is 0 Å². The van der Waals surface area contributed by atoms with E-state index in [2.05, 4.69) is 69.4 Å². The zero-order chi connectivity index (χ0) is 58.5. The average Bonchev–Trinajstić information content (AvgIpc) is 3.47. The van der Waals surface area contributed by atoms with Crippen molar-refractivity contribution in [1.82, 2.24) is 0 Å². The monoisotopic (exact) mass is 1140 g/mol. The fourth-order valence-corrected chi connectivity index (χ4v) is 10.8. The highest BCUT2D eigenvalue weighted by Gasteiger charge is 2.19. The Balaban J connectivity index is 4.06. The van der Waals surface area contributed by atoms with E-state index in [0.717, 1.165) is 77.0 Å². The normalized spacial score (nSPS) is 12.3. The zero-order valence-electron chi connectivity index (χ0n) is 54.6. The number of rotatable bonds is 67. The molecule has 0 aromatic heterocycles. The second-order valence-corrected chi connectivity index (χ2v) is 24.5. The summed E-state index contributed by atoms with van der Waals surface area (Å²) >= 11 is 0. The lowest BCUT2D eigenvalue weighted by atomic mass is 10.0. The number of ether oxygens (including phenoxy) is 3. The average molecular weight is 1140 g/mol. The SMILES string of the molecule is CCCCC/C=C\CCCCCCCC(=O)OCC(COC(=O)CCCCCCCCCCCCCCCCCCCCCCCCC/C=C\C/C=C\CCCCCCC)OC(=O)CCCCCCC/C=C\CCCCCCCCC. The quantitative estimate of drug-likeness (QED) is 0.0261. The lowest BCUT2D eigenvalue weighted by Crippen LogP contribution is -2.30. The number of carbonyl (C=O) groups is 3. The summed E-state index contributed by atoms with van der Waals surface area (Å²) in [5.74, 6) is -0.869. The molecular weight excluding hydrogens is 997 g/mol. The van der Waals surface area contributed by atoms with Gasteiger partial charge < -0.3 is 14.2 Å². The standard InChI is InChI=1S/C75H138O6/c1-4-7-10-13-16-19-22-25-27-29-30-31-32-33-34-35-36-37-38-39-40-41-42-43-44-45-46-47-49-50-53-56-59-62-65-68-74(77)80-71-72(70-79-73(76)67-64-61-58-55-52-24-21-18-15-12-9-6-3)81-75(78)69-66-63-60-57-54-51-48-28-26-23-20-17-14-11-8-5-2/h18,21-22,25,28-30,48,72H,4-17,19-20,23-24,26-27,31-47,49-71H2,1-3H3/b21-18-,25-22-,30-29-,48-28-. The Labute approximate surface area is 505 Å². The van der Waals surface area contributed by atoms with E-state index in [1.54, 1.807) is 0 Å². The van der Waals surface area contributed by atoms with Crippen molar-refractivity contribution in [3.05, 3.63) is 48.6 Å². The van der Waals surface area contributed by atoms with Gasteiger partial charge in [-0.1, -0.05) is 320 Å². The molecular formula is C75H138O6. The van der Waals surface area contributed by atoms with Gasteiger partial charge in [0, 0.05) is 19.3 Å². The number of allylic oxidation sites excluding steroid dienone is 8. The number of unbranched alkanes of at least 4 members (excludes halogenated alkanes) is 48. The molecule has 0 aliphatic heterocycles. The molecule has 0 radical (unpaired) electrons. The van der Waals surface area contributed by atoms with Gasteiger partial charge >= 0.3 is 17.9 Å². The Bertz CT molecular complexity index is 1400. The van der Waals surface area contributed by atoms with E-state index in [9.17, 15) is 14.4 Å². The van der Waals surface area contributed by atoms with Crippen LogP contribution in [0, 0.1) is 0 Å². The van der Waals surface area contributed by atoms with Gasteiger partial charge in [-0.3, -0.25) is 14.4 Å². The summed E-state index contributed by atoms with van der Waals surface area (Å²) in [5.41, 5.74) is 0. The molecule has 81 heavy (non-hydrogen) atoms. The van der Waals surface area contributed by atoms with Crippen LogP contribution in [0.25, 0.3) is 0 Å². The molecule has 0 aromatic carbocycles. The van der Waals surface area contributed by atoms with Crippen LogP contribution in [0.15, 0.2) is 48.6 Å². The number of hydrogen-bond acceptors (Lipinski definition) is 6. The van der Waals surface area contributed by atoms with E-state index < -0.39 is 6.10 Å². The lowest BCUT2D eigenvalue weighted by molar-refractivity contribution is -0.167. The second-order valence-electron chi connectivity index (χ2n) is 24.5. The van der Waals surface area contributed by atoms with Crippen LogP contribution in [-0.2, 0) is 28.6 Å². The second kappa shape index (κ2) is 69.9. The van der Waals surface area contributed by atoms with Gasteiger partial charge in [0.25, 0.3) is 0 Å². The third kappa shape index (κ3) is 68.0. The zero-order valence-corrected chi connectivity index (χ0v) is 54.6. The van der Waals surface area contributed by atoms with Crippen LogP contribution in [0.3, 0.4) is 0 Å². The van der Waals surface area contributed by atoms with Crippen molar-refractivity contribution in [2.75, 3.05) is 13.2 Å². The smallest absolute Gasteiger partial charge is 0.306 e. The van der Waals surface area contributed by atoms with Crippen molar-refractivity contribution in [2.24, 2.45) is 0 Å². The Kier molecular flexibility index (Phi) is 67.6. The summed E-state index contributed by atoms with van der Waals surface area (Å²) < 4.78 is 16.9. The molecule has 0 aliphatic rings. The number of esters is 3. The van der Waals surface area contributed by atoms with Gasteiger partial charge in [0.15, 0.2) is 6.10 Å². The minimum atomic E-state index is -0.779. The molecule has 1 unspecified atom stereocenters. The van der Waals surface area contributed by atoms with Crippen LogP contribution in [-0.4, -0.2) is 37.2 Å². The molecule has 6 nitrogen and oxygen atoms in total. The Morgan fingerprint density at radius 3 is 0.716 bits per heavy atom. The van der Waals surface area contributed by atoms with Crippen LogP contribution in [0.4, 0.5) is 0 Å². The van der Waals surface area contributed by atoms with Crippen LogP contribution in [0.2, 0.25) is 0 Å². The van der Waals surface area contributed by atoms with E-state index in [1.807, 2.05) is 0 Å². The van der Waals surface area contributed by atoms with Crippen molar-refractivity contribution >= 4 is 17.9 Å². The molecule has 474 valence electrons. The maximum atomic E-state index is 12.9. The molecule has 0 spiro atoms. The van der Waals surface area contributed by atoms with Gasteiger partial charge in [0.05, 0.1) is 0 Å². The molecule has 0 fully saturated rings. The highest BCUT2D eigenvalue weighted by molar-refractivity contribution is 5.71. The first-order valence-electron chi connectivity index (χ1n) is 36.1. The minimum absolute atomic E-state index is 0.0745. The summed E-state index contributed by atoms with van der Waals surface area (Å²) in [5, 5.41) is 0. The van der Waals surface area contributed by atoms with Crippen molar-refractivity contribution in [1.29, 1.82) is 0 Å². The van der Waals surface area contributed by atoms with Crippen molar-refractivity contribution < 1.29 is 28.6 Å². The summed E-state index contributed by atoms with van der Waals surface area (Å²) in [7, 11) is 0. The molecule has 0 bridgehead atoms. The van der Waals surface area contributed by atoms with E-state index in [4.69, 9.17) is 14.2 Å². The topological polar surface area (TPSA) is 78.9 Å². The molecule has 0 aromatic rings. The Morgan fingerprint density at radius 2 is 0.444 bits per heavy atom. The largest absolute Gasteiger partial charge is 0.462 e. The molecule has 1 atom stereocenters. The maximum absolute atomic E-state index is 12.9. The molecule has 0 aliphatic carbocycles. The molecule has 6 heteroatoms. The van der Waals surface area contributed by atoms with Gasteiger partial charge in [0.1, 0.15) is 13.2 Å². The number of hydrogen-bond donors (Lipinski definition) is 0. The first-order chi connectivity index (χ1) is 40.0. The summed E-state index contributed by atoms with van der Waals surface area (Å²) in [6, 6.07) is 0. The molecule has 0 saturated carbocycles. The highest BCUT2D eigenvalue weighted by atomic mass is 16.6. The number of carbonyl (C=O) groups excluding carboxylic acids is 3. The van der Waals surface area contributed by atoms with Crippen molar-refractivity contribution in [2.45, 2.75) is 399 Å². The summed E-state index contributed by atoms with van der Waals surface area (Å²) in [6.07, 6.45) is 88.8. The maximum Gasteiger partial charge on any atom is 0.306 e. The summed E-state index contributed by atoms with van der Waals surface area (Å²) in [4.78, 5) is 38.3. The van der Waals surface area contributed by atoms with Gasteiger partial charge in [-0.25, -0.2) is 0 Å². The van der Waals surface area contributed by atoms with Crippen molar-refractivity contribution in [3.8, 4) is 0 Å². The van der Waals surface area contributed by atoms with Gasteiger partial charge in [-0.2, -0.15) is 0 Å². The fraction of sp³-hybridized carbons (Fsp3) is 0.853. The molecule has 0 heterocycles. The van der Waals surface area contributed by atoms with Gasteiger partial charge in [-0.15, -0.1) is 0 Å². The van der Waals surface area contributed by atoms with E-state index in [1.165, 1.54) is 276 Å². The molecule has 0 amide bonds. The van der Waals surface area contributed by atoms with Crippen molar-refractivity contribution in [3.63, 3.8) is 0 Å². The molecule has 0 rings (SSSR count). The third-order valence-corrected chi connectivity index (χ3v) is 16.3. The highest BCUT2D eigenvalue weighted by Crippen LogP contribution is 2.18. The predicted molar refractivity (Wildman–Crippen MR) is 353 cm³/mol. The first-order valence-corrected chi connectivity index (χ1v) is 36.1. The summed E-state index contributed by atoms with van der Waals surface area (Å²) in [6.45, 7) is 6.64. The van der Waals surface area contributed by atoms with Crippen LogP contribution < -0.4 is 0 Å². The Morgan fingerprint density at radius 1 is 0.247 bits per heavy atom. The lowest BCUT2D eigenvalue weighted by Gasteiger charge is -2.18. The van der Waals surface area contributed by atoms with Gasteiger partial charge in [-0.05, 0) is 103 Å². The van der Waals surface area contributed by atoms with E-state index in [-0.39, 0.29) is 31.1 Å². The van der Waals surface area contributed by atoms with Gasteiger partial charge in [0.2, 0.25) is 0 Å². The Hall–Kier alpha value is -2.63. The molecule has 0 N–H and O–H groups in total. The van der Waals surface area contributed by atoms with E-state index in [0.29, 0.717) is 19.3 Å². The third-order valence-electron chi connectivity index (χ3n) is 16.3. The van der Waals surface area contributed by atoms with E-state index >= 15 is 0 Å². The first kappa shape index (κ1) is 78.4.